The van der Waals surface area contributed by atoms with E-state index in [0.717, 1.165) is 24.2 Å². The first kappa shape index (κ1) is 31.8. The van der Waals surface area contributed by atoms with Gasteiger partial charge in [0, 0.05) is 27.6 Å². The lowest BCUT2D eigenvalue weighted by Gasteiger charge is -2.30. The van der Waals surface area contributed by atoms with Gasteiger partial charge in [0.15, 0.2) is 0 Å². The minimum Gasteiger partial charge on any atom is -0.310 e. The van der Waals surface area contributed by atoms with E-state index in [2.05, 4.69) is 196 Å². The molecule has 0 bridgehead atoms. The molecule has 3 aliphatic carbocycles. The van der Waals surface area contributed by atoms with E-state index in [-0.39, 0.29) is 10.8 Å². The molecule has 0 unspecified atom stereocenters. The Morgan fingerprint density at radius 2 is 1.04 bits per heavy atom. The van der Waals surface area contributed by atoms with Gasteiger partial charge in [0.1, 0.15) is 0 Å². The third-order valence-electron chi connectivity index (χ3n) is 12.3. The Balaban J connectivity index is 1.18. The molecule has 0 saturated carbocycles. The molecule has 10 rings (SSSR count). The Morgan fingerprint density at radius 1 is 0.453 bits per heavy atom. The Hall–Kier alpha value is -5.92. The highest BCUT2D eigenvalue weighted by molar-refractivity contribution is 6.10. The van der Waals surface area contributed by atoms with Crippen molar-refractivity contribution in [2.24, 2.45) is 0 Å². The third-order valence-corrected chi connectivity index (χ3v) is 12.3. The fourth-order valence-corrected chi connectivity index (χ4v) is 9.43. The molecule has 0 aliphatic heterocycles. The van der Waals surface area contributed by atoms with Crippen molar-refractivity contribution in [1.29, 1.82) is 0 Å². The van der Waals surface area contributed by atoms with Gasteiger partial charge in [-0.25, -0.2) is 0 Å². The molecular formula is C52H43N. The van der Waals surface area contributed by atoms with Gasteiger partial charge in [0.25, 0.3) is 0 Å². The average Bonchev–Trinajstić information content (AvgIpc) is 3.57. The second-order valence-corrected chi connectivity index (χ2v) is 16.0. The normalized spacial score (nSPS) is 15.7. The molecule has 0 saturated heterocycles. The summed E-state index contributed by atoms with van der Waals surface area (Å²) in [6.07, 6.45) is 9.13. The SMILES string of the molecule is CC1(C)c2ccccc2-c2cc3c(cc21)-c1c(cc(N(c2ccc(C4=CCCC=C4)cc2)c2ccc(-c4ccccc4)cc2)c2ccccc12)C3(C)C. The molecule has 0 fully saturated rings. The molecule has 0 heterocycles. The van der Waals surface area contributed by atoms with Crippen LogP contribution in [0.25, 0.3) is 49.7 Å². The van der Waals surface area contributed by atoms with Crippen LogP contribution in [0.2, 0.25) is 0 Å². The lowest BCUT2D eigenvalue weighted by atomic mass is 9.79. The predicted octanol–water partition coefficient (Wildman–Crippen LogP) is 14.3. The van der Waals surface area contributed by atoms with E-state index in [9.17, 15) is 0 Å². The Labute approximate surface area is 313 Å². The number of fused-ring (bicyclic) bond motifs is 8. The smallest absolute Gasteiger partial charge is 0.0543 e. The summed E-state index contributed by atoms with van der Waals surface area (Å²) in [4.78, 5) is 2.48. The molecule has 0 aromatic heterocycles. The maximum Gasteiger partial charge on any atom is 0.0543 e. The van der Waals surface area contributed by atoms with Gasteiger partial charge in [-0.2, -0.15) is 0 Å². The summed E-state index contributed by atoms with van der Waals surface area (Å²) in [5.41, 5.74) is 19.4. The van der Waals surface area contributed by atoms with E-state index in [4.69, 9.17) is 0 Å². The summed E-state index contributed by atoms with van der Waals surface area (Å²) in [7, 11) is 0. The van der Waals surface area contributed by atoms with Gasteiger partial charge in [-0.05, 0) is 127 Å². The second-order valence-electron chi connectivity index (χ2n) is 16.0. The van der Waals surface area contributed by atoms with Crippen molar-refractivity contribution >= 4 is 33.4 Å². The fourth-order valence-electron chi connectivity index (χ4n) is 9.43. The molecule has 0 amide bonds. The summed E-state index contributed by atoms with van der Waals surface area (Å²) in [5.74, 6) is 0. The summed E-state index contributed by atoms with van der Waals surface area (Å²) in [5, 5.41) is 2.56. The van der Waals surface area contributed by atoms with Gasteiger partial charge in [-0.15, -0.1) is 0 Å². The lowest BCUT2D eigenvalue weighted by Crippen LogP contribution is -2.18. The van der Waals surface area contributed by atoms with Crippen LogP contribution in [-0.4, -0.2) is 0 Å². The van der Waals surface area contributed by atoms with Crippen LogP contribution in [-0.2, 0) is 10.8 Å². The van der Waals surface area contributed by atoms with Gasteiger partial charge >= 0.3 is 0 Å². The molecule has 1 nitrogen and oxygen atoms in total. The van der Waals surface area contributed by atoms with Crippen LogP contribution < -0.4 is 4.90 Å². The van der Waals surface area contributed by atoms with Crippen molar-refractivity contribution in [3.8, 4) is 33.4 Å². The Kier molecular flexibility index (Phi) is 7.08. The molecule has 1 heteroatoms. The van der Waals surface area contributed by atoms with E-state index in [0.29, 0.717) is 0 Å². The molecule has 0 N–H and O–H groups in total. The van der Waals surface area contributed by atoms with Crippen molar-refractivity contribution in [1.82, 2.24) is 0 Å². The zero-order valence-electron chi connectivity index (χ0n) is 30.9. The van der Waals surface area contributed by atoms with Gasteiger partial charge in [0.05, 0.1) is 5.69 Å². The van der Waals surface area contributed by atoms with E-state index in [1.807, 2.05) is 0 Å². The zero-order chi connectivity index (χ0) is 35.9. The number of rotatable bonds is 5. The zero-order valence-corrected chi connectivity index (χ0v) is 30.9. The minimum atomic E-state index is -0.188. The molecule has 0 radical (unpaired) electrons. The highest BCUT2D eigenvalue weighted by Crippen LogP contribution is 2.58. The van der Waals surface area contributed by atoms with Crippen LogP contribution in [0, 0.1) is 0 Å². The standard InChI is InChI=1S/C52H43N/c1-51(2)45-22-14-13-19-40(45)43-31-47-44(32-46(43)51)50-42-21-12-11-20-41(42)49(33-48(50)52(47,3)4)53(38-27-23-36(24-28-38)34-15-7-5-8-16-34)39-29-25-37(26-30-39)35-17-9-6-10-18-35/h5,7-9,11-33H,6,10H2,1-4H3. The quantitative estimate of drug-likeness (QED) is 0.175. The van der Waals surface area contributed by atoms with Gasteiger partial charge in [-0.1, -0.05) is 149 Å². The summed E-state index contributed by atoms with van der Waals surface area (Å²) >= 11 is 0. The second kappa shape index (κ2) is 11.8. The van der Waals surface area contributed by atoms with E-state index in [1.54, 1.807) is 0 Å². The highest BCUT2D eigenvalue weighted by atomic mass is 15.1. The van der Waals surface area contributed by atoms with Crippen molar-refractivity contribution in [2.75, 3.05) is 4.90 Å². The number of benzene rings is 7. The molecule has 3 aliphatic rings. The molecule has 0 atom stereocenters. The first-order chi connectivity index (χ1) is 25.8. The molecular weight excluding hydrogens is 639 g/mol. The fraction of sp³-hybridized carbons (Fsp3) is 0.154. The first-order valence-electron chi connectivity index (χ1n) is 19.1. The molecule has 256 valence electrons. The van der Waals surface area contributed by atoms with Crippen LogP contribution in [0.3, 0.4) is 0 Å². The Morgan fingerprint density at radius 3 is 1.75 bits per heavy atom. The number of hydrogen-bond acceptors (Lipinski definition) is 1. The number of nitrogens with zero attached hydrogens (tertiary/aromatic N) is 1. The van der Waals surface area contributed by atoms with E-state index >= 15 is 0 Å². The monoisotopic (exact) mass is 681 g/mol. The van der Waals surface area contributed by atoms with Crippen LogP contribution in [0.5, 0.6) is 0 Å². The summed E-state index contributed by atoms with van der Waals surface area (Å²) < 4.78 is 0. The first-order valence-corrected chi connectivity index (χ1v) is 19.1. The Bertz CT molecular complexity index is 2630. The minimum absolute atomic E-state index is 0.0536. The summed E-state index contributed by atoms with van der Waals surface area (Å²) in [6.45, 7) is 9.63. The maximum absolute atomic E-state index is 2.54. The number of hydrogen-bond donors (Lipinski definition) is 0. The van der Waals surface area contributed by atoms with Crippen LogP contribution >= 0.6 is 0 Å². The van der Waals surface area contributed by atoms with Gasteiger partial charge < -0.3 is 4.90 Å². The van der Waals surface area contributed by atoms with Crippen LogP contribution in [0.15, 0.2) is 164 Å². The number of anilines is 3. The van der Waals surface area contributed by atoms with E-state index in [1.165, 1.54) is 83.2 Å². The summed E-state index contributed by atoms with van der Waals surface area (Å²) in [6, 6.07) is 54.6. The highest BCUT2D eigenvalue weighted by Gasteiger charge is 2.42. The largest absolute Gasteiger partial charge is 0.310 e. The van der Waals surface area contributed by atoms with Gasteiger partial charge in [-0.3, -0.25) is 0 Å². The van der Waals surface area contributed by atoms with Crippen molar-refractivity contribution in [2.45, 2.75) is 51.4 Å². The topological polar surface area (TPSA) is 3.24 Å². The van der Waals surface area contributed by atoms with E-state index < -0.39 is 0 Å². The molecule has 53 heavy (non-hydrogen) atoms. The van der Waals surface area contributed by atoms with Crippen LogP contribution in [0.4, 0.5) is 17.1 Å². The lowest BCUT2D eigenvalue weighted by molar-refractivity contribution is 0.652. The van der Waals surface area contributed by atoms with Crippen molar-refractivity contribution in [3.63, 3.8) is 0 Å². The van der Waals surface area contributed by atoms with Crippen molar-refractivity contribution < 1.29 is 0 Å². The molecule has 7 aromatic rings. The third kappa shape index (κ3) is 4.84. The maximum atomic E-state index is 2.54. The average molecular weight is 682 g/mol. The number of allylic oxidation sites excluding steroid dienone is 4. The molecule has 0 spiro atoms. The van der Waals surface area contributed by atoms with Gasteiger partial charge in [0.2, 0.25) is 0 Å². The van der Waals surface area contributed by atoms with Crippen molar-refractivity contribution in [3.05, 3.63) is 192 Å². The molecule has 7 aromatic carbocycles. The predicted molar refractivity (Wildman–Crippen MR) is 226 cm³/mol. The van der Waals surface area contributed by atoms with Crippen LogP contribution in [0.1, 0.15) is 68.4 Å².